The summed E-state index contributed by atoms with van der Waals surface area (Å²) in [7, 11) is 1.13. The van der Waals surface area contributed by atoms with Gasteiger partial charge in [-0.25, -0.2) is 4.79 Å². The third-order valence-corrected chi connectivity index (χ3v) is 2.89. The predicted octanol–water partition coefficient (Wildman–Crippen LogP) is 1.78. The fraction of sp³-hybridized carbons (Fsp3) is 0.167. The Labute approximate surface area is 123 Å². The van der Waals surface area contributed by atoms with Crippen molar-refractivity contribution in [3.63, 3.8) is 0 Å². The maximum atomic E-state index is 11.9. The number of benzene rings is 1. The molecule has 10 nitrogen and oxygen atoms in total. The molecule has 0 bridgehead atoms. The number of nitro benzene ring substituents is 1. The van der Waals surface area contributed by atoms with Gasteiger partial charge in [-0.1, -0.05) is 0 Å². The van der Waals surface area contributed by atoms with Crippen molar-refractivity contribution < 1.29 is 19.4 Å². The number of esters is 1. The van der Waals surface area contributed by atoms with Crippen LogP contribution in [0.4, 0.5) is 11.5 Å². The molecule has 0 saturated carbocycles. The van der Waals surface area contributed by atoms with Gasteiger partial charge in [-0.05, 0) is 17.4 Å². The van der Waals surface area contributed by atoms with Crippen molar-refractivity contribution in [2.45, 2.75) is 6.92 Å². The number of ether oxygens (including phenoxy) is 1. The van der Waals surface area contributed by atoms with Crippen LogP contribution in [0.15, 0.2) is 24.4 Å². The third-order valence-electron chi connectivity index (χ3n) is 2.89. The van der Waals surface area contributed by atoms with Crippen LogP contribution >= 0.6 is 0 Å². The molecule has 0 unspecified atom stereocenters. The van der Waals surface area contributed by atoms with Gasteiger partial charge in [0.2, 0.25) is 0 Å². The summed E-state index contributed by atoms with van der Waals surface area (Å²) in [4.78, 5) is 32.1. The molecule has 0 amide bonds. The van der Waals surface area contributed by atoms with Crippen molar-refractivity contribution in [1.82, 2.24) is 9.78 Å². The first-order valence-electron chi connectivity index (χ1n) is 5.93. The van der Waals surface area contributed by atoms with Gasteiger partial charge in [0.25, 0.3) is 5.69 Å². The molecule has 22 heavy (non-hydrogen) atoms. The highest BCUT2D eigenvalue weighted by atomic mass is 16.6. The van der Waals surface area contributed by atoms with Crippen LogP contribution in [0.5, 0.6) is 0 Å². The largest absolute Gasteiger partial charge is 0.465 e. The van der Waals surface area contributed by atoms with Crippen molar-refractivity contribution >= 4 is 17.5 Å². The van der Waals surface area contributed by atoms with Gasteiger partial charge in [0, 0.05) is 12.1 Å². The molecule has 0 saturated heterocycles. The Balaban J connectivity index is 2.69. The normalized spacial score (nSPS) is 10.3. The molecule has 114 valence electrons. The molecular weight excluding hydrogens is 296 g/mol. The molecule has 2 aromatic rings. The minimum absolute atomic E-state index is 0.104. The molecule has 0 aliphatic rings. The number of carbonyl (C=O) groups is 1. The summed E-state index contributed by atoms with van der Waals surface area (Å²) in [5, 5.41) is 25.3. The Hall–Kier alpha value is -3.30. The first kappa shape index (κ1) is 15.1. The Kier molecular flexibility index (Phi) is 3.84. The second kappa shape index (κ2) is 5.60. The summed E-state index contributed by atoms with van der Waals surface area (Å²) in [6, 6.07) is 3.44. The number of rotatable bonds is 4. The van der Waals surface area contributed by atoms with Crippen molar-refractivity contribution in [3.05, 3.63) is 55.8 Å². The zero-order chi connectivity index (χ0) is 16.4. The summed E-state index contributed by atoms with van der Waals surface area (Å²) in [6.45, 7) is 1.53. The molecule has 10 heteroatoms. The predicted molar refractivity (Wildman–Crippen MR) is 72.9 cm³/mol. The number of hydrogen-bond acceptors (Lipinski definition) is 7. The maximum Gasteiger partial charge on any atom is 0.390 e. The fourth-order valence-corrected chi connectivity index (χ4v) is 1.97. The van der Waals surface area contributed by atoms with Crippen LogP contribution in [-0.4, -0.2) is 32.7 Å². The van der Waals surface area contributed by atoms with Crippen molar-refractivity contribution in [2.24, 2.45) is 0 Å². The zero-order valence-electron chi connectivity index (χ0n) is 11.5. The number of carbonyl (C=O) groups excluding carboxylic acids is 1. The lowest BCUT2D eigenvalue weighted by Gasteiger charge is -2.08. The van der Waals surface area contributed by atoms with Crippen LogP contribution < -0.4 is 0 Å². The first-order valence-corrected chi connectivity index (χ1v) is 5.93. The van der Waals surface area contributed by atoms with E-state index >= 15 is 0 Å². The van der Waals surface area contributed by atoms with Gasteiger partial charge < -0.3 is 14.9 Å². The standard InChI is InChI=1S/C12H10N4O6/c1-7-5-8(15(18)19)6-9(12(17)22-2)11(7)14-4-3-10(13-14)16(20)21/h3-6H,1-2H3. The van der Waals surface area contributed by atoms with E-state index in [0.29, 0.717) is 5.56 Å². The second-order valence-corrected chi connectivity index (χ2v) is 4.28. The van der Waals surface area contributed by atoms with E-state index in [0.717, 1.165) is 23.9 Å². The number of methoxy groups -OCH3 is 1. The van der Waals surface area contributed by atoms with E-state index in [9.17, 15) is 25.0 Å². The van der Waals surface area contributed by atoms with Gasteiger partial charge in [-0.2, -0.15) is 0 Å². The van der Waals surface area contributed by atoms with E-state index in [1.807, 2.05) is 0 Å². The Morgan fingerprint density at radius 1 is 1.27 bits per heavy atom. The molecule has 0 fully saturated rings. The van der Waals surface area contributed by atoms with Crippen LogP contribution in [0.1, 0.15) is 15.9 Å². The minimum atomic E-state index is -0.806. The van der Waals surface area contributed by atoms with Gasteiger partial charge in [-0.15, -0.1) is 4.68 Å². The van der Waals surface area contributed by atoms with Crippen LogP contribution in [0, 0.1) is 27.2 Å². The maximum absolute atomic E-state index is 11.9. The van der Waals surface area contributed by atoms with Crippen LogP contribution in [0.3, 0.4) is 0 Å². The van der Waals surface area contributed by atoms with Gasteiger partial charge in [0.1, 0.15) is 5.69 Å². The zero-order valence-corrected chi connectivity index (χ0v) is 11.5. The fourth-order valence-electron chi connectivity index (χ4n) is 1.97. The summed E-state index contributed by atoms with van der Waals surface area (Å²) in [5.41, 5.74) is 0.147. The highest BCUT2D eigenvalue weighted by Gasteiger charge is 2.24. The van der Waals surface area contributed by atoms with E-state index in [1.165, 1.54) is 19.2 Å². The summed E-state index contributed by atoms with van der Waals surface area (Å²) in [5.74, 6) is -1.21. The minimum Gasteiger partial charge on any atom is -0.465 e. The molecule has 0 atom stereocenters. The summed E-state index contributed by atoms with van der Waals surface area (Å²) in [6.07, 6.45) is 1.29. The summed E-state index contributed by atoms with van der Waals surface area (Å²) >= 11 is 0. The number of nitro groups is 2. The quantitative estimate of drug-likeness (QED) is 0.478. The second-order valence-electron chi connectivity index (χ2n) is 4.28. The SMILES string of the molecule is COC(=O)c1cc([N+](=O)[O-])cc(C)c1-n1ccc([N+](=O)[O-])n1. The molecular formula is C12H10N4O6. The Morgan fingerprint density at radius 3 is 2.45 bits per heavy atom. The Bertz CT molecular complexity index is 782. The number of non-ortho nitro benzene ring substituents is 1. The number of hydrogen-bond donors (Lipinski definition) is 0. The molecule has 0 N–H and O–H groups in total. The van der Waals surface area contributed by atoms with E-state index < -0.39 is 21.6 Å². The topological polar surface area (TPSA) is 130 Å². The van der Waals surface area contributed by atoms with E-state index in [4.69, 9.17) is 0 Å². The molecule has 0 aliphatic heterocycles. The van der Waals surface area contributed by atoms with E-state index in [2.05, 4.69) is 9.84 Å². The first-order chi connectivity index (χ1) is 10.3. The third kappa shape index (κ3) is 2.61. The van der Waals surface area contributed by atoms with E-state index in [-0.39, 0.29) is 16.9 Å². The average Bonchev–Trinajstić information content (AvgIpc) is 2.94. The van der Waals surface area contributed by atoms with Gasteiger partial charge >= 0.3 is 11.8 Å². The van der Waals surface area contributed by atoms with Crippen molar-refractivity contribution in [2.75, 3.05) is 7.11 Å². The van der Waals surface area contributed by atoms with Crippen molar-refractivity contribution in [3.8, 4) is 5.69 Å². The lowest BCUT2D eigenvalue weighted by Crippen LogP contribution is -2.11. The molecule has 1 aromatic heterocycles. The van der Waals surface area contributed by atoms with Gasteiger partial charge in [0.15, 0.2) is 0 Å². The molecule has 2 rings (SSSR count). The van der Waals surface area contributed by atoms with Crippen molar-refractivity contribution in [1.29, 1.82) is 0 Å². The van der Waals surface area contributed by atoms with Crippen LogP contribution in [0.25, 0.3) is 5.69 Å². The lowest BCUT2D eigenvalue weighted by molar-refractivity contribution is -0.389. The van der Waals surface area contributed by atoms with E-state index in [1.54, 1.807) is 0 Å². The Morgan fingerprint density at radius 2 is 1.95 bits per heavy atom. The number of aromatic nitrogens is 2. The van der Waals surface area contributed by atoms with Crippen LogP contribution in [-0.2, 0) is 4.74 Å². The molecule has 1 heterocycles. The molecule has 0 aliphatic carbocycles. The smallest absolute Gasteiger partial charge is 0.390 e. The number of nitrogens with zero attached hydrogens (tertiary/aromatic N) is 4. The number of aryl methyl sites for hydroxylation is 1. The highest BCUT2D eigenvalue weighted by molar-refractivity contribution is 5.95. The molecule has 1 aromatic carbocycles. The van der Waals surface area contributed by atoms with Crippen LogP contribution in [0.2, 0.25) is 0 Å². The molecule has 0 spiro atoms. The van der Waals surface area contributed by atoms with Gasteiger partial charge in [0.05, 0.1) is 35.0 Å². The summed E-state index contributed by atoms with van der Waals surface area (Å²) < 4.78 is 5.72. The highest BCUT2D eigenvalue weighted by Crippen LogP contribution is 2.26. The monoisotopic (exact) mass is 306 g/mol. The van der Waals surface area contributed by atoms with Gasteiger partial charge in [-0.3, -0.25) is 10.1 Å². The lowest BCUT2D eigenvalue weighted by atomic mass is 10.1. The average molecular weight is 306 g/mol. The molecule has 0 radical (unpaired) electrons.